The number of hydrogen-bond acceptors (Lipinski definition) is 7. The van der Waals surface area contributed by atoms with Crippen LogP contribution in [0.1, 0.15) is 82.4 Å². The van der Waals surface area contributed by atoms with Gasteiger partial charge in [-0.3, -0.25) is 9.69 Å². The number of carbonyl (C=O) groups is 1. The molecule has 2 aromatic carbocycles. The van der Waals surface area contributed by atoms with E-state index in [1.165, 1.54) is 0 Å². The fraction of sp³-hybridized carbons (Fsp3) is 0.559. The minimum Gasteiger partial charge on any atom is -0.490 e. The lowest BCUT2D eigenvalue weighted by atomic mass is 9.85. The van der Waals surface area contributed by atoms with Crippen LogP contribution >= 0.6 is 0 Å². The molecular weight excluding hydrogens is 533 g/mol. The number of aliphatic hydroxyl groups is 1. The maximum absolute atomic E-state index is 16.1. The summed E-state index contributed by atoms with van der Waals surface area (Å²) in [4.78, 5) is 20.7. The zero-order chi connectivity index (χ0) is 30.8. The Balaban J connectivity index is 1.70. The molecule has 0 bridgehead atoms. The zero-order valence-electron chi connectivity index (χ0n) is 26.6. The normalized spacial score (nSPS) is 18.0. The first-order valence-corrected chi connectivity index (χ1v) is 15.2. The number of ether oxygens (including phenoxy) is 2. The molecular formula is C34H48FN3O4. The van der Waals surface area contributed by atoms with Gasteiger partial charge < -0.3 is 24.4 Å². The molecule has 0 aliphatic carbocycles. The molecule has 1 fully saturated rings. The number of benzene rings is 2. The number of piperazine rings is 1. The molecule has 0 saturated carbocycles. The molecule has 0 atom stereocenters. The van der Waals surface area contributed by atoms with Crippen LogP contribution in [-0.2, 0) is 11.0 Å². The van der Waals surface area contributed by atoms with Gasteiger partial charge in [0, 0.05) is 55.2 Å². The van der Waals surface area contributed by atoms with E-state index >= 15 is 4.39 Å². The van der Waals surface area contributed by atoms with Crippen molar-refractivity contribution < 1.29 is 23.8 Å². The number of fused-ring (bicyclic) bond motifs is 1. The number of hydrogen-bond donors (Lipinski definition) is 1. The van der Waals surface area contributed by atoms with Gasteiger partial charge >= 0.3 is 0 Å². The summed E-state index contributed by atoms with van der Waals surface area (Å²) in [6.45, 7) is 21.1. The number of carbonyl (C=O) groups excluding carboxylic acids is 1. The van der Waals surface area contributed by atoms with Crippen molar-refractivity contribution in [3.63, 3.8) is 0 Å². The maximum Gasteiger partial charge on any atom is 0.197 e. The summed E-state index contributed by atoms with van der Waals surface area (Å²) in [6, 6.07) is 8.09. The second kappa shape index (κ2) is 12.6. The van der Waals surface area contributed by atoms with Gasteiger partial charge in [0.1, 0.15) is 0 Å². The highest BCUT2D eigenvalue weighted by atomic mass is 19.1. The smallest absolute Gasteiger partial charge is 0.197 e. The predicted octanol–water partition coefficient (Wildman–Crippen LogP) is 5.83. The lowest BCUT2D eigenvalue weighted by molar-refractivity contribution is 0.0912. The van der Waals surface area contributed by atoms with E-state index in [4.69, 9.17) is 9.47 Å². The van der Waals surface area contributed by atoms with Crippen LogP contribution < -0.4 is 14.4 Å². The second-order valence-electron chi connectivity index (χ2n) is 12.6. The summed E-state index contributed by atoms with van der Waals surface area (Å²) >= 11 is 0. The van der Waals surface area contributed by atoms with Crippen LogP contribution in [0.15, 0.2) is 30.3 Å². The fourth-order valence-electron chi connectivity index (χ4n) is 6.04. The minimum absolute atomic E-state index is 0.0167. The number of allylic oxidation sites excluding steroid dienone is 1. The van der Waals surface area contributed by atoms with Crippen LogP contribution in [0.3, 0.4) is 0 Å². The molecule has 1 saturated heterocycles. The molecule has 0 spiro atoms. The lowest BCUT2D eigenvalue weighted by Crippen LogP contribution is -2.47. The van der Waals surface area contributed by atoms with Gasteiger partial charge in [-0.2, -0.15) is 0 Å². The molecule has 8 heteroatoms. The Kier molecular flexibility index (Phi) is 9.58. The van der Waals surface area contributed by atoms with Gasteiger partial charge in [0.25, 0.3) is 0 Å². The van der Waals surface area contributed by atoms with Gasteiger partial charge in [0.2, 0.25) is 0 Å². The molecule has 4 rings (SSSR count). The van der Waals surface area contributed by atoms with Crippen LogP contribution in [-0.4, -0.2) is 79.8 Å². The van der Waals surface area contributed by atoms with Crippen molar-refractivity contribution in [1.29, 1.82) is 0 Å². The summed E-state index contributed by atoms with van der Waals surface area (Å²) in [5, 5.41) is 9.33. The van der Waals surface area contributed by atoms with Gasteiger partial charge in [-0.15, -0.1) is 0 Å². The minimum atomic E-state index is -0.655. The molecule has 0 radical (unpaired) electrons. The van der Waals surface area contributed by atoms with Gasteiger partial charge in [0.15, 0.2) is 23.1 Å². The molecule has 0 unspecified atom stereocenters. The number of halogens is 1. The first-order chi connectivity index (χ1) is 19.9. The van der Waals surface area contributed by atoms with Crippen molar-refractivity contribution in [3.8, 4) is 11.5 Å². The maximum atomic E-state index is 16.1. The van der Waals surface area contributed by atoms with Gasteiger partial charge in [-0.05, 0) is 75.4 Å². The van der Waals surface area contributed by atoms with E-state index in [-0.39, 0.29) is 30.1 Å². The topological polar surface area (TPSA) is 65.5 Å². The average Bonchev–Trinajstić information content (AvgIpc) is 3.16. The first-order valence-electron chi connectivity index (χ1n) is 15.2. The highest BCUT2D eigenvalue weighted by Gasteiger charge is 2.44. The van der Waals surface area contributed by atoms with Gasteiger partial charge in [-0.1, -0.05) is 26.8 Å². The third-order valence-corrected chi connectivity index (χ3v) is 8.49. The highest BCUT2D eigenvalue weighted by molar-refractivity contribution is 6.00. The van der Waals surface area contributed by atoms with E-state index in [2.05, 4.69) is 36.6 Å². The van der Waals surface area contributed by atoms with Crippen molar-refractivity contribution in [2.45, 2.75) is 66.3 Å². The molecule has 0 aromatic heterocycles. The Morgan fingerprint density at radius 2 is 1.71 bits per heavy atom. The Morgan fingerprint density at radius 3 is 2.29 bits per heavy atom. The van der Waals surface area contributed by atoms with Crippen LogP contribution in [0.25, 0.3) is 5.70 Å². The quantitative estimate of drug-likeness (QED) is 0.354. The number of anilines is 1. The molecule has 2 aromatic rings. The standard InChI is InChI=1S/C34H48FN3O4/c1-9-27-30-26(21-29(41-10-2)32(31(30)35)42-11-3)34(7,8)38(27)22-28(40)23-18-24(33(4,5)6)20-25(19-23)37-14-12-36(13-15-37)16-17-39/h9,18-21,39H,10-17,22H2,1-8H3. The number of aliphatic hydroxyl groups excluding tert-OH is 1. The number of ketones is 1. The lowest BCUT2D eigenvalue weighted by Gasteiger charge is -2.37. The first kappa shape index (κ1) is 31.8. The summed E-state index contributed by atoms with van der Waals surface area (Å²) in [5.41, 5.74) is 3.92. The monoisotopic (exact) mass is 581 g/mol. The average molecular weight is 582 g/mol. The molecule has 1 N–H and O–H groups in total. The summed E-state index contributed by atoms with van der Waals surface area (Å²) in [7, 11) is 0. The van der Waals surface area contributed by atoms with Crippen molar-refractivity contribution in [2.75, 3.05) is 64.0 Å². The molecule has 7 nitrogen and oxygen atoms in total. The highest BCUT2D eigenvalue weighted by Crippen LogP contribution is 2.51. The van der Waals surface area contributed by atoms with Crippen molar-refractivity contribution in [1.82, 2.24) is 9.80 Å². The fourth-order valence-corrected chi connectivity index (χ4v) is 6.04. The Morgan fingerprint density at radius 1 is 1.05 bits per heavy atom. The van der Waals surface area contributed by atoms with E-state index in [9.17, 15) is 9.90 Å². The number of Topliss-reactive ketones (excluding diaryl/α,β-unsaturated/α-hetero) is 1. The zero-order valence-corrected chi connectivity index (χ0v) is 26.6. The van der Waals surface area contributed by atoms with E-state index < -0.39 is 11.4 Å². The van der Waals surface area contributed by atoms with Crippen LogP contribution in [0, 0.1) is 5.82 Å². The molecule has 42 heavy (non-hydrogen) atoms. The molecule has 230 valence electrons. The Hall–Kier alpha value is -3.10. The third kappa shape index (κ3) is 6.16. The second-order valence-corrected chi connectivity index (χ2v) is 12.6. The van der Waals surface area contributed by atoms with E-state index in [0.717, 1.165) is 43.0 Å². The largest absolute Gasteiger partial charge is 0.490 e. The Bertz CT molecular complexity index is 1320. The number of rotatable bonds is 10. The predicted molar refractivity (Wildman–Crippen MR) is 167 cm³/mol. The summed E-state index contributed by atoms with van der Waals surface area (Å²) in [5.74, 6) is 0.0280. The van der Waals surface area contributed by atoms with E-state index in [1.807, 2.05) is 63.8 Å². The van der Waals surface area contributed by atoms with Crippen molar-refractivity contribution in [3.05, 3.63) is 58.4 Å². The van der Waals surface area contributed by atoms with Crippen LogP contribution in [0.4, 0.5) is 10.1 Å². The summed E-state index contributed by atoms with van der Waals surface area (Å²) in [6.07, 6.45) is 1.88. The molecule has 2 aliphatic rings. The molecule has 0 amide bonds. The number of β-amino-alcohol motifs (C(OH)–C–C–N with tert-alkyl or cyclic N) is 1. The molecule has 2 heterocycles. The van der Waals surface area contributed by atoms with Crippen LogP contribution in [0.5, 0.6) is 11.5 Å². The van der Waals surface area contributed by atoms with E-state index in [1.54, 1.807) is 0 Å². The molecule has 2 aliphatic heterocycles. The van der Waals surface area contributed by atoms with Gasteiger partial charge in [0.05, 0.1) is 31.9 Å². The van der Waals surface area contributed by atoms with E-state index in [0.29, 0.717) is 42.3 Å². The van der Waals surface area contributed by atoms with Crippen molar-refractivity contribution in [2.24, 2.45) is 0 Å². The SMILES string of the molecule is CC=C1c2c(cc(OCC)c(OCC)c2F)C(C)(C)N1CC(=O)c1cc(N2CCN(CCO)CC2)cc(C(C)(C)C)c1. The van der Waals surface area contributed by atoms with Crippen molar-refractivity contribution >= 4 is 17.2 Å². The third-order valence-electron chi connectivity index (χ3n) is 8.49. The summed E-state index contributed by atoms with van der Waals surface area (Å²) < 4.78 is 27.6. The van der Waals surface area contributed by atoms with Gasteiger partial charge in [-0.25, -0.2) is 4.39 Å². The number of nitrogens with zero attached hydrogens (tertiary/aromatic N) is 3. The Labute approximate surface area is 250 Å². The van der Waals surface area contributed by atoms with Crippen LogP contribution in [0.2, 0.25) is 0 Å².